The number of nitrogens with zero attached hydrogens (tertiary/aromatic N) is 2. The highest BCUT2D eigenvalue weighted by Crippen LogP contribution is 2.17. The molecule has 0 spiro atoms. The van der Waals surface area contributed by atoms with Crippen LogP contribution in [-0.4, -0.2) is 20.6 Å². The van der Waals surface area contributed by atoms with Gasteiger partial charge in [-0.2, -0.15) is 0 Å². The van der Waals surface area contributed by atoms with Crippen molar-refractivity contribution in [1.82, 2.24) is 9.55 Å². The van der Waals surface area contributed by atoms with Crippen molar-refractivity contribution in [3.63, 3.8) is 0 Å². The van der Waals surface area contributed by atoms with E-state index in [9.17, 15) is 9.59 Å². The highest BCUT2D eigenvalue weighted by atomic mass is 79.9. The highest BCUT2D eigenvalue weighted by Gasteiger charge is 2.10. The number of carboxylic acid groups (broad SMARTS) is 1. The molecule has 0 fully saturated rings. The molecule has 0 amide bonds. The van der Waals surface area contributed by atoms with E-state index in [1.54, 1.807) is 42.7 Å². The lowest BCUT2D eigenvalue weighted by Gasteiger charge is -2.10. The Balaban J connectivity index is 2.02. The van der Waals surface area contributed by atoms with Crippen LogP contribution in [0.3, 0.4) is 0 Å². The number of carbonyl (C=O) groups is 1. The monoisotopic (exact) mass is 402 g/mol. The summed E-state index contributed by atoms with van der Waals surface area (Å²) in [4.78, 5) is 28.0. The molecular formula is C18H15BrN2O4. The largest absolute Gasteiger partial charge is 0.481 e. The van der Waals surface area contributed by atoms with Crippen LogP contribution < -0.4 is 5.56 Å². The lowest BCUT2D eigenvalue weighted by Crippen LogP contribution is -2.24. The minimum Gasteiger partial charge on any atom is -0.481 e. The fourth-order valence-electron chi connectivity index (χ4n) is 2.49. The number of hydrogen-bond acceptors (Lipinski definition) is 4. The first kappa shape index (κ1) is 17.2. The third-order valence-electron chi connectivity index (χ3n) is 3.65. The van der Waals surface area contributed by atoms with Gasteiger partial charge < -0.3 is 9.52 Å². The van der Waals surface area contributed by atoms with Crippen LogP contribution in [0.15, 0.2) is 50.3 Å². The fourth-order valence-corrected chi connectivity index (χ4v) is 2.81. The molecule has 0 saturated heterocycles. The molecule has 0 unspecified atom stereocenters. The summed E-state index contributed by atoms with van der Waals surface area (Å²) in [6, 6.07) is 8.89. The van der Waals surface area contributed by atoms with Crippen LogP contribution in [0.5, 0.6) is 0 Å². The smallest absolute Gasteiger partial charge is 0.303 e. The molecule has 3 rings (SSSR count). The van der Waals surface area contributed by atoms with Crippen molar-refractivity contribution in [2.24, 2.45) is 0 Å². The van der Waals surface area contributed by atoms with Crippen LogP contribution in [0.25, 0.3) is 23.1 Å². The molecule has 6 nitrogen and oxygen atoms in total. The molecule has 0 aliphatic heterocycles. The Bertz CT molecular complexity index is 1000. The van der Waals surface area contributed by atoms with Gasteiger partial charge in [0.1, 0.15) is 17.8 Å². The maximum atomic E-state index is 12.8. The van der Waals surface area contributed by atoms with Crippen LogP contribution in [0.2, 0.25) is 0 Å². The summed E-state index contributed by atoms with van der Waals surface area (Å²) in [5.74, 6) is 0.187. The number of fused-ring (bicyclic) bond motifs is 1. The number of rotatable bonds is 6. The Hall–Kier alpha value is -2.67. The zero-order valence-electron chi connectivity index (χ0n) is 13.2. The SMILES string of the molecule is O=C(O)CCCn1c(/C=C/c2cc(Br)co2)nc2ccccc2c1=O. The van der Waals surface area contributed by atoms with Gasteiger partial charge in [0.15, 0.2) is 0 Å². The number of hydrogen-bond donors (Lipinski definition) is 1. The van der Waals surface area contributed by atoms with Gasteiger partial charge in [0.25, 0.3) is 5.56 Å². The summed E-state index contributed by atoms with van der Waals surface area (Å²) >= 11 is 3.31. The Morgan fingerprint density at radius 2 is 2.12 bits per heavy atom. The lowest BCUT2D eigenvalue weighted by atomic mass is 10.2. The molecule has 2 aromatic heterocycles. The van der Waals surface area contributed by atoms with E-state index in [4.69, 9.17) is 9.52 Å². The van der Waals surface area contributed by atoms with Gasteiger partial charge in [-0.3, -0.25) is 14.2 Å². The molecule has 0 bridgehead atoms. The molecule has 1 N–H and O–H groups in total. The predicted octanol–water partition coefficient (Wildman–Crippen LogP) is 3.79. The van der Waals surface area contributed by atoms with Crippen molar-refractivity contribution in [2.45, 2.75) is 19.4 Å². The average Bonchev–Trinajstić information content (AvgIpc) is 3.00. The molecular weight excluding hydrogens is 388 g/mol. The van der Waals surface area contributed by atoms with E-state index in [0.29, 0.717) is 28.9 Å². The highest BCUT2D eigenvalue weighted by molar-refractivity contribution is 9.10. The number of halogens is 1. The van der Waals surface area contributed by atoms with Gasteiger partial charge in [0.05, 0.1) is 15.4 Å². The number of furan rings is 1. The standard InChI is InChI=1S/C18H15BrN2O4/c19-12-10-13(25-11-12)7-8-16-20-15-5-2-1-4-14(15)18(24)21(16)9-3-6-17(22)23/h1-2,4-5,7-8,10-11H,3,6,9H2,(H,22,23)/b8-7+. The van der Waals surface area contributed by atoms with E-state index in [-0.39, 0.29) is 18.5 Å². The second-order valence-corrected chi connectivity index (χ2v) is 6.36. The van der Waals surface area contributed by atoms with Crippen molar-refractivity contribution in [3.05, 3.63) is 63.0 Å². The van der Waals surface area contributed by atoms with Gasteiger partial charge in [0.2, 0.25) is 0 Å². The third kappa shape index (κ3) is 4.06. The maximum absolute atomic E-state index is 12.8. The Labute approximate surface area is 151 Å². The molecule has 0 aliphatic rings. The fraction of sp³-hybridized carbons (Fsp3) is 0.167. The Morgan fingerprint density at radius 1 is 1.32 bits per heavy atom. The minimum atomic E-state index is -0.890. The summed E-state index contributed by atoms with van der Waals surface area (Å²) in [7, 11) is 0. The molecule has 2 heterocycles. The van der Waals surface area contributed by atoms with Gasteiger partial charge in [-0.1, -0.05) is 12.1 Å². The second kappa shape index (κ2) is 7.48. The number of aliphatic carboxylic acids is 1. The van der Waals surface area contributed by atoms with Gasteiger partial charge in [-0.15, -0.1) is 0 Å². The normalized spacial score (nSPS) is 11.4. The Morgan fingerprint density at radius 3 is 2.84 bits per heavy atom. The molecule has 0 atom stereocenters. The van der Waals surface area contributed by atoms with E-state index in [0.717, 1.165) is 4.47 Å². The maximum Gasteiger partial charge on any atom is 0.303 e. The van der Waals surface area contributed by atoms with E-state index < -0.39 is 5.97 Å². The van der Waals surface area contributed by atoms with Crippen LogP contribution >= 0.6 is 15.9 Å². The molecule has 0 saturated carbocycles. The van der Waals surface area contributed by atoms with Crippen LogP contribution in [-0.2, 0) is 11.3 Å². The molecule has 0 aliphatic carbocycles. The predicted molar refractivity (Wildman–Crippen MR) is 98.2 cm³/mol. The van der Waals surface area contributed by atoms with Crippen LogP contribution in [0, 0.1) is 0 Å². The summed E-state index contributed by atoms with van der Waals surface area (Å²) in [6.07, 6.45) is 5.32. The molecule has 128 valence electrons. The molecule has 0 radical (unpaired) electrons. The number of para-hydroxylation sites is 1. The zero-order valence-corrected chi connectivity index (χ0v) is 14.8. The average molecular weight is 403 g/mol. The first-order valence-electron chi connectivity index (χ1n) is 7.68. The van der Waals surface area contributed by atoms with Crippen LogP contribution in [0.1, 0.15) is 24.4 Å². The van der Waals surface area contributed by atoms with Gasteiger partial charge in [-0.25, -0.2) is 4.98 Å². The Kier molecular flexibility index (Phi) is 5.14. The summed E-state index contributed by atoms with van der Waals surface area (Å²) < 4.78 is 7.65. The topological polar surface area (TPSA) is 85.3 Å². The van der Waals surface area contributed by atoms with E-state index in [2.05, 4.69) is 20.9 Å². The first-order valence-corrected chi connectivity index (χ1v) is 8.47. The number of benzene rings is 1. The molecule has 1 aromatic carbocycles. The van der Waals surface area contributed by atoms with E-state index >= 15 is 0 Å². The quantitative estimate of drug-likeness (QED) is 0.677. The van der Waals surface area contributed by atoms with E-state index in [1.165, 1.54) is 4.57 Å². The molecule has 7 heteroatoms. The number of aromatic nitrogens is 2. The van der Waals surface area contributed by atoms with Crippen molar-refractivity contribution in [2.75, 3.05) is 0 Å². The lowest BCUT2D eigenvalue weighted by molar-refractivity contribution is -0.137. The van der Waals surface area contributed by atoms with Crippen molar-refractivity contribution in [1.29, 1.82) is 0 Å². The number of carboxylic acids is 1. The third-order valence-corrected chi connectivity index (χ3v) is 4.06. The zero-order chi connectivity index (χ0) is 17.8. The van der Waals surface area contributed by atoms with Crippen LogP contribution in [0.4, 0.5) is 0 Å². The summed E-state index contributed by atoms with van der Waals surface area (Å²) in [6.45, 7) is 0.282. The van der Waals surface area contributed by atoms with E-state index in [1.807, 2.05) is 6.07 Å². The molecule has 3 aromatic rings. The van der Waals surface area contributed by atoms with Crippen molar-refractivity contribution >= 4 is 45.0 Å². The van der Waals surface area contributed by atoms with Gasteiger partial charge in [-0.05, 0) is 52.7 Å². The minimum absolute atomic E-state index is 0.00640. The van der Waals surface area contributed by atoms with Crippen molar-refractivity contribution in [3.8, 4) is 0 Å². The summed E-state index contributed by atoms with van der Waals surface area (Å²) in [5, 5.41) is 9.33. The molecule has 25 heavy (non-hydrogen) atoms. The second-order valence-electron chi connectivity index (χ2n) is 5.44. The van der Waals surface area contributed by atoms with Gasteiger partial charge in [0, 0.05) is 13.0 Å². The van der Waals surface area contributed by atoms with Gasteiger partial charge >= 0.3 is 5.97 Å². The first-order chi connectivity index (χ1) is 12.0. The summed E-state index contributed by atoms with van der Waals surface area (Å²) in [5.41, 5.74) is 0.415. The van der Waals surface area contributed by atoms with Crippen molar-refractivity contribution < 1.29 is 14.3 Å².